The zero-order valence-electron chi connectivity index (χ0n) is 9.54. The molecule has 0 unspecified atom stereocenters. The molecule has 2 aliphatic rings. The number of hydrogen-bond donors (Lipinski definition) is 0. The normalized spacial score (nSPS) is 35.6. The van der Waals surface area contributed by atoms with Crippen LogP contribution in [0.3, 0.4) is 0 Å². The molecule has 0 aromatic carbocycles. The highest BCUT2D eigenvalue weighted by molar-refractivity contribution is 4.86. The molecule has 2 heteroatoms. The molecule has 82 valence electrons. The van der Waals surface area contributed by atoms with Gasteiger partial charge in [0.15, 0.2) is 0 Å². The molecule has 0 atom stereocenters. The first kappa shape index (κ1) is 10.4. The molecule has 0 aromatic heterocycles. The van der Waals surface area contributed by atoms with Gasteiger partial charge in [-0.2, -0.15) is 0 Å². The van der Waals surface area contributed by atoms with Gasteiger partial charge in [0.2, 0.25) is 0 Å². The van der Waals surface area contributed by atoms with Crippen molar-refractivity contribution in [3.8, 4) is 0 Å². The van der Waals surface area contributed by atoms with Gasteiger partial charge in [-0.1, -0.05) is 0 Å². The lowest BCUT2D eigenvalue weighted by Gasteiger charge is -2.43. The Balaban J connectivity index is 1.68. The zero-order valence-corrected chi connectivity index (χ0v) is 9.54. The maximum atomic E-state index is 5.67. The van der Waals surface area contributed by atoms with Crippen molar-refractivity contribution in [2.24, 2.45) is 11.8 Å². The van der Waals surface area contributed by atoms with Gasteiger partial charge in [-0.25, -0.2) is 0 Å². The Morgan fingerprint density at radius 2 is 1.71 bits per heavy atom. The highest BCUT2D eigenvalue weighted by atomic mass is 16.5. The van der Waals surface area contributed by atoms with Crippen molar-refractivity contribution < 1.29 is 4.74 Å². The molecule has 0 N–H and O–H groups in total. The number of likely N-dealkylation sites (tertiary alicyclic amines) is 1. The van der Waals surface area contributed by atoms with Crippen molar-refractivity contribution in [3.63, 3.8) is 0 Å². The quantitative estimate of drug-likeness (QED) is 0.687. The van der Waals surface area contributed by atoms with E-state index in [1.54, 1.807) is 0 Å². The molecular formula is C12H23NO. The van der Waals surface area contributed by atoms with Gasteiger partial charge in [-0.05, 0) is 51.5 Å². The monoisotopic (exact) mass is 197 g/mol. The Labute approximate surface area is 87.6 Å². The van der Waals surface area contributed by atoms with E-state index < -0.39 is 0 Å². The molecule has 1 saturated carbocycles. The van der Waals surface area contributed by atoms with Crippen LogP contribution in [0.4, 0.5) is 0 Å². The van der Waals surface area contributed by atoms with E-state index in [2.05, 4.69) is 18.9 Å². The molecule has 0 spiro atoms. The third kappa shape index (κ3) is 2.29. The van der Waals surface area contributed by atoms with Crippen LogP contribution in [0.25, 0.3) is 0 Å². The fraction of sp³-hybridized carbons (Fsp3) is 1.00. The largest absolute Gasteiger partial charge is 0.379 e. The summed E-state index contributed by atoms with van der Waals surface area (Å²) in [5, 5.41) is 0. The molecule has 1 aliphatic carbocycles. The summed E-state index contributed by atoms with van der Waals surface area (Å²) in [4.78, 5) is 2.43. The summed E-state index contributed by atoms with van der Waals surface area (Å²) < 4.78 is 5.67. The van der Waals surface area contributed by atoms with E-state index >= 15 is 0 Å². The van der Waals surface area contributed by atoms with E-state index in [1.807, 2.05) is 0 Å². The van der Waals surface area contributed by atoms with E-state index in [0.717, 1.165) is 18.4 Å². The first-order chi connectivity index (χ1) is 6.79. The lowest BCUT2D eigenvalue weighted by molar-refractivity contribution is -0.00317. The van der Waals surface area contributed by atoms with Gasteiger partial charge in [-0.15, -0.1) is 0 Å². The van der Waals surface area contributed by atoms with Gasteiger partial charge < -0.3 is 9.64 Å². The Hall–Kier alpha value is -0.0800. The molecule has 1 saturated heterocycles. The van der Waals surface area contributed by atoms with Gasteiger partial charge in [0.1, 0.15) is 0 Å². The maximum Gasteiger partial charge on any atom is 0.0575 e. The Morgan fingerprint density at radius 1 is 1.07 bits per heavy atom. The summed E-state index contributed by atoms with van der Waals surface area (Å²) in [6.45, 7) is 5.67. The van der Waals surface area contributed by atoms with E-state index in [0.29, 0.717) is 6.10 Å². The predicted octanol–water partition coefficient (Wildman–Crippen LogP) is 2.14. The molecule has 2 nitrogen and oxygen atoms in total. The number of nitrogens with zero attached hydrogens (tertiary/aromatic N) is 1. The topological polar surface area (TPSA) is 12.5 Å². The minimum absolute atomic E-state index is 0.578. The zero-order chi connectivity index (χ0) is 9.97. The minimum Gasteiger partial charge on any atom is -0.379 e. The van der Waals surface area contributed by atoms with Crippen molar-refractivity contribution in [2.45, 2.75) is 38.7 Å². The van der Waals surface area contributed by atoms with Crippen LogP contribution in [-0.2, 0) is 4.74 Å². The fourth-order valence-corrected chi connectivity index (χ4v) is 3.01. The fourth-order valence-electron chi connectivity index (χ4n) is 3.01. The molecule has 2 fully saturated rings. The van der Waals surface area contributed by atoms with Gasteiger partial charge in [0.05, 0.1) is 6.10 Å². The minimum atomic E-state index is 0.578. The van der Waals surface area contributed by atoms with Crippen LogP contribution in [0.2, 0.25) is 0 Å². The summed E-state index contributed by atoms with van der Waals surface area (Å²) in [6.07, 6.45) is 6.00. The van der Waals surface area contributed by atoms with Crippen LogP contribution in [0.15, 0.2) is 0 Å². The predicted molar refractivity (Wildman–Crippen MR) is 58.4 cm³/mol. The SMILES string of the molecule is CCOC1CCC(C2CN(C)C2)CC1. The average molecular weight is 197 g/mol. The molecule has 0 aromatic rings. The number of hydrogen-bond acceptors (Lipinski definition) is 2. The highest BCUT2D eigenvalue weighted by Gasteiger charge is 2.33. The number of ether oxygens (including phenoxy) is 1. The standard InChI is InChI=1S/C12H23NO/c1-3-14-12-6-4-10(5-7-12)11-8-13(2)9-11/h10-12H,3-9H2,1-2H3. The summed E-state index contributed by atoms with van der Waals surface area (Å²) in [5.41, 5.74) is 0. The van der Waals surface area contributed by atoms with Crippen LogP contribution >= 0.6 is 0 Å². The van der Waals surface area contributed by atoms with Crippen molar-refractivity contribution in [3.05, 3.63) is 0 Å². The van der Waals surface area contributed by atoms with E-state index in [4.69, 9.17) is 4.74 Å². The first-order valence-electron chi connectivity index (χ1n) is 6.09. The molecule has 1 aliphatic heterocycles. The van der Waals surface area contributed by atoms with Gasteiger partial charge in [0, 0.05) is 19.7 Å². The second kappa shape index (κ2) is 4.63. The molecule has 14 heavy (non-hydrogen) atoms. The number of rotatable bonds is 3. The smallest absolute Gasteiger partial charge is 0.0575 e. The van der Waals surface area contributed by atoms with Crippen LogP contribution in [-0.4, -0.2) is 37.7 Å². The second-order valence-corrected chi connectivity index (χ2v) is 4.97. The van der Waals surface area contributed by atoms with Crippen LogP contribution in [0.1, 0.15) is 32.6 Å². The first-order valence-corrected chi connectivity index (χ1v) is 6.09. The lowest BCUT2D eigenvalue weighted by atomic mass is 9.76. The van der Waals surface area contributed by atoms with Crippen molar-refractivity contribution in [1.29, 1.82) is 0 Å². The Bertz CT molecular complexity index is 169. The second-order valence-electron chi connectivity index (χ2n) is 4.97. The molecular weight excluding hydrogens is 174 g/mol. The van der Waals surface area contributed by atoms with E-state index in [1.165, 1.54) is 38.8 Å². The summed E-state index contributed by atoms with van der Waals surface area (Å²) in [5.74, 6) is 2.01. The summed E-state index contributed by atoms with van der Waals surface area (Å²) in [7, 11) is 2.22. The molecule has 1 heterocycles. The van der Waals surface area contributed by atoms with Gasteiger partial charge in [-0.3, -0.25) is 0 Å². The molecule has 0 amide bonds. The molecule has 2 rings (SSSR count). The third-order valence-electron chi connectivity index (χ3n) is 3.88. The Morgan fingerprint density at radius 3 is 2.21 bits per heavy atom. The average Bonchev–Trinajstić information content (AvgIpc) is 2.15. The van der Waals surface area contributed by atoms with Crippen molar-refractivity contribution >= 4 is 0 Å². The highest BCUT2D eigenvalue weighted by Crippen LogP contribution is 2.35. The van der Waals surface area contributed by atoms with Crippen molar-refractivity contribution in [2.75, 3.05) is 26.7 Å². The van der Waals surface area contributed by atoms with Crippen LogP contribution in [0, 0.1) is 11.8 Å². The molecule has 0 bridgehead atoms. The summed E-state index contributed by atoms with van der Waals surface area (Å²) >= 11 is 0. The van der Waals surface area contributed by atoms with E-state index in [-0.39, 0.29) is 0 Å². The summed E-state index contributed by atoms with van der Waals surface area (Å²) in [6, 6.07) is 0. The molecule has 0 radical (unpaired) electrons. The van der Waals surface area contributed by atoms with Gasteiger partial charge in [0.25, 0.3) is 0 Å². The van der Waals surface area contributed by atoms with E-state index in [9.17, 15) is 0 Å². The van der Waals surface area contributed by atoms with Crippen LogP contribution < -0.4 is 0 Å². The third-order valence-corrected chi connectivity index (χ3v) is 3.88. The Kier molecular flexibility index (Phi) is 3.45. The van der Waals surface area contributed by atoms with Crippen LogP contribution in [0.5, 0.6) is 0 Å². The lowest BCUT2D eigenvalue weighted by Crippen LogP contribution is -2.48. The maximum absolute atomic E-state index is 5.67. The van der Waals surface area contributed by atoms with Crippen molar-refractivity contribution in [1.82, 2.24) is 4.90 Å². The van der Waals surface area contributed by atoms with Gasteiger partial charge >= 0.3 is 0 Å².